The molecule has 0 saturated carbocycles. The van der Waals surface area contributed by atoms with Gasteiger partial charge in [0.15, 0.2) is 0 Å². The second-order valence-electron chi connectivity index (χ2n) is 7.88. The first-order valence-corrected chi connectivity index (χ1v) is 11.4. The summed E-state index contributed by atoms with van der Waals surface area (Å²) in [6.07, 6.45) is 3.57. The molecular weight excluding hydrogens is 404 g/mol. The third kappa shape index (κ3) is 5.66. The Morgan fingerprint density at radius 2 is 1.81 bits per heavy atom. The first-order chi connectivity index (χ1) is 15.5. The maximum absolute atomic E-state index is 12.7. The summed E-state index contributed by atoms with van der Waals surface area (Å²) in [6, 6.07) is 15.0. The van der Waals surface area contributed by atoms with Gasteiger partial charge in [0.2, 0.25) is 0 Å². The highest BCUT2D eigenvalue weighted by Gasteiger charge is 2.11. The van der Waals surface area contributed by atoms with E-state index in [2.05, 4.69) is 41.2 Å². The van der Waals surface area contributed by atoms with E-state index in [4.69, 9.17) is 0 Å². The molecule has 0 atom stereocenters. The number of hydrogen-bond acceptors (Lipinski definition) is 4. The Morgan fingerprint density at radius 1 is 1.03 bits per heavy atom. The molecule has 0 radical (unpaired) electrons. The zero-order valence-electron chi connectivity index (χ0n) is 18.9. The largest absolute Gasteiger partial charge is 0.372 e. The number of nitrogens with one attached hydrogen (secondary N) is 2. The summed E-state index contributed by atoms with van der Waals surface area (Å²) >= 11 is 0. The quantitative estimate of drug-likeness (QED) is 0.450. The van der Waals surface area contributed by atoms with Crippen LogP contribution >= 0.6 is 0 Å². The Morgan fingerprint density at radius 3 is 2.53 bits per heavy atom. The van der Waals surface area contributed by atoms with Gasteiger partial charge in [-0.2, -0.15) is 0 Å². The molecule has 0 bridgehead atoms. The predicted molar refractivity (Wildman–Crippen MR) is 130 cm³/mol. The van der Waals surface area contributed by atoms with Crippen LogP contribution in [0.25, 0.3) is 10.9 Å². The van der Waals surface area contributed by atoms with Crippen LogP contribution in [0.4, 0.5) is 5.69 Å². The van der Waals surface area contributed by atoms with Gasteiger partial charge in [0.1, 0.15) is 0 Å². The van der Waals surface area contributed by atoms with Gasteiger partial charge in [0, 0.05) is 37.4 Å². The molecule has 7 heteroatoms. The number of nitrogens with zero attached hydrogens (tertiary/aromatic N) is 2. The van der Waals surface area contributed by atoms with Crippen molar-refractivity contribution in [1.29, 1.82) is 0 Å². The van der Waals surface area contributed by atoms with Crippen molar-refractivity contribution in [3.05, 3.63) is 74.9 Å². The second-order valence-corrected chi connectivity index (χ2v) is 7.88. The minimum Gasteiger partial charge on any atom is -0.372 e. The lowest BCUT2D eigenvalue weighted by Crippen LogP contribution is -2.35. The zero-order chi connectivity index (χ0) is 22.9. The van der Waals surface area contributed by atoms with Gasteiger partial charge in [-0.25, -0.2) is 4.79 Å². The Balaban J connectivity index is 1.62. The molecule has 32 heavy (non-hydrogen) atoms. The van der Waals surface area contributed by atoms with E-state index in [1.807, 2.05) is 18.2 Å². The van der Waals surface area contributed by atoms with Crippen LogP contribution in [0.5, 0.6) is 0 Å². The lowest BCUT2D eigenvalue weighted by atomic mass is 10.1. The lowest BCUT2D eigenvalue weighted by Gasteiger charge is -2.23. The Hall–Kier alpha value is -3.35. The summed E-state index contributed by atoms with van der Waals surface area (Å²) in [7, 11) is 0. The van der Waals surface area contributed by atoms with Crippen LogP contribution in [0.15, 0.2) is 58.1 Å². The van der Waals surface area contributed by atoms with Crippen LogP contribution < -0.4 is 21.5 Å². The van der Waals surface area contributed by atoms with E-state index < -0.39 is 5.69 Å². The Kier molecular flexibility index (Phi) is 8.25. The molecule has 0 aliphatic carbocycles. The number of hydrogen-bond donors (Lipinski definition) is 2. The molecule has 0 aliphatic rings. The fourth-order valence-electron chi connectivity index (χ4n) is 3.80. The summed E-state index contributed by atoms with van der Waals surface area (Å²) in [5.41, 5.74) is 1.23. The zero-order valence-corrected chi connectivity index (χ0v) is 18.9. The first-order valence-electron chi connectivity index (χ1n) is 11.4. The van der Waals surface area contributed by atoms with E-state index in [9.17, 15) is 14.4 Å². The number of anilines is 1. The van der Waals surface area contributed by atoms with Crippen molar-refractivity contribution in [2.75, 3.05) is 24.5 Å². The standard InChI is InChI=1S/C25H32N4O3/c1-3-5-9-17-29-24(31)21-14-13-19(18-22(21)27-25(29)32)23(30)26-15-10-16-28(4-2)20-11-7-6-8-12-20/h6-8,11-14,18H,3-5,9-10,15-17H2,1-2H3,(H,26,30)(H,27,32). The molecule has 2 aromatic carbocycles. The summed E-state index contributed by atoms with van der Waals surface area (Å²) in [5.74, 6) is -0.220. The third-order valence-electron chi connectivity index (χ3n) is 5.62. The molecule has 0 unspecified atom stereocenters. The molecular formula is C25H32N4O3. The Labute approximate surface area is 188 Å². The molecule has 0 spiro atoms. The number of para-hydroxylation sites is 1. The number of carbonyl (C=O) groups excluding carboxylic acids is 1. The van der Waals surface area contributed by atoms with Crippen LogP contribution in [-0.4, -0.2) is 35.1 Å². The number of unbranched alkanes of at least 4 members (excludes halogenated alkanes) is 2. The SMILES string of the molecule is CCCCCn1c(=O)[nH]c2cc(C(=O)NCCCN(CC)c3ccccc3)ccc2c1=O. The highest BCUT2D eigenvalue weighted by Crippen LogP contribution is 2.13. The minimum absolute atomic E-state index is 0.220. The smallest absolute Gasteiger partial charge is 0.328 e. The van der Waals surface area contributed by atoms with Gasteiger partial charge in [-0.3, -0.25) is 14.2 Å². The average Bonchev–Trinajstić information content (AvgIpc) is 2.81. The molecule has 0 saturated heterocycles. The number of aromatic amines is 1. The fraction of sp³-hybridized carbons (Fsp3) is 0.400. The van der Waals surface area contributed by atoms with Crippen LogP contribution in [0, 0.1) is 0 Å². The number of amides is 1. The Bertz CT molecular complexity index is 1150. The number of benzene rings is 2. The van der Waals surface area contributed by atoms with Gasteiger partial charge in [-0.05, 0) is 50.1 Å². The molecule has 1 amide bonds. The minimum atomic E-state index is -0.434. The fourth-order valence-corrected chi connectivity index (χ4v) is 3.80. The highest BCUT2D eigenvalue weighted by atomic mass is 16.2. The lowest BCUT2D eigenvalue weighted by molar-refractivity contribution is 0.0953. The maximum Gasteiger partial charge on any atom is 0.328 e. The third-order valence-corrected chi connectivity index (χ3v) is 5.62. The normalized spacial score (nSPS) is 10.9. The molecule has 3 aromatic rings. The van der Waals surface area contributed by atoms with Crippen molar-refractivity contribution in [2.24, 2.45) is 0 Å². The van der Waals surface area contributed by atoms with Crippen molar-refractivity contribution in [3.63, 3.8) is 0 Å². The predicted octanol–water partition coefficient (Wildman–Crippen LogP) is 3.53. The molecule has 2 N–H and O–H groups in total. The van der Waals surface area contributed by atoms with Crippen molar-refractivity contribution in [3.8, 4) is 0 Å². The molecule has 0 fully saturated rings. The van der Waals surface area contributed by atoms with E-state index in [0.717, 1.165) is 38.8 Å². The van der Waals surface area contributed by atoms with Gasteiger partial charge in [-0.1, -0.05) is 38.0 Å². The van der Waals surface area contributed by atoms with E-state index >= 15 is 0 Å². The van der Waals surface area contributed by atoms with Crippen molar-refractivity contribution >= 4 is 22.5 Å². The van der Waals surface area contributed by atoms with Gasteiger partial charge in [-0.15, -0.1) is 0 Å². The van der Waals surface area contributed by atoms with Gasteiger partial charge >= 0.3 is 5.69 Å². The van der Waals surface area contributed by atoms with Crippen molar-refractivity contribution in [1.82, 2.24) is 14.9 Å². The van der Waals surface area contributed by atoms with Crippen LogP contribution in [-0.2, 0) is 6.54 Å². The first kappa shape index (κ1) is 23.3. The van der Waals surface area contributed by atoms with E-state index in [0.29, 0.717) is 29.6 Å². The topological polar surface area (TPSA) is 87.2 Å². The number of rotatable bonds is 11. The van der Waals surface area contributed by atoms with Crippen LogP contribution in [0.2, 0.25) is 0 Å². The van der Waals surface area contributed by atoms with Crippen molar-refractivity contribution in [2.45, 2.75) is 46.1 Å². The van der Waals surface area contributed by atoms with Gasteiger partial charge in [0.25, 0.3) is 11.5 Å². The van der Waals surface area contributed by atoms with Crippen LogP contribution in [0.1, 0.15) is 49.9 Å². The van der Waals surface area contributed by atoms with Crippen molar-refractivity contribution < 1.29 is 4.79 Å². The highest BCUT2D eigenvalue weighted by molar-refractivity contribution is 5.97. The summed E-state index contributed by atoms with van der Waals surface area (Å²) < 4.78 is 1.24. The number of aromatic nitrogens is 2. The molecule has 3 rings (SSSR count). The number of fused-ring (bicyclic) bond motifs is 1. The molecule has 0 aliphatic heterocycles. The van der Waals surface area contributed by atoms with Gasteiger partial charge in [0.05, 0.1) is 10.9 Å². The molecule has 170 valence electrons. The van der Waals surface area contributed by atoms with E-state index in [1.165, 1.54) is 10.3 Å². The van der Waals surface area contributed by atoms with Gasteiger partial charge < -0.3 is 15.2 Å². The summed E-state index contributed by atoms with van der Waals surface area (Å²) in [6.45, 7) is 6.85. The molecule has 1 aromatic heterocycles. The summed E-state index contributed by atoms with van der Waals surface area (Å²) in [4.78, 5) is 42.6. The van der Waals surface area contributed by atoms with E-state index in [-0.39, 0.29) is 11.5 Å². The molecule has 1 heterocycles. The van der Waals surface area contributed by atoms with E-state index in [1.54, 1.807) is 18.2 Å². The number of carbonyl (C=O) groups is 1. The number of H-pyrrole nitrogens is 1. The second kappa shape index (κ2) is 11.3. The maximum atomic E-state index is 12.7. The average molecular weight is 437 g/mol. The molecule has 7 nitrogen and oxygen atoms in total. The van der Waals surface area contributed by atoms with Crippen LogP contribution in [0.3, 0.4) is 0 Å². The monoisotopic (exact) mass is 436 g/mol. The summed E-state index contributed by atoms with van der Waals surface area (Å²) in [5, 5.41) is 3.34.